The number of rotatable bonds is 4. The van der Waals surface area contributed by atoms with Gasteiger partial charge in [0.1, 0.15) is 18.2 Å². The van der Waals surface area contributed by atoms with Crippen LogP contribution >= 0.6 is 0 Å². The Morgan fingerprint density at radius 2 is 2.07 bits per heavy atom. The van der Waals surface area contributed by atoms with E-state index in [4.69, 9.17) is 4.74 Å². The molecule has 0 aliphatic heterocycles. The molecule has 0 fully saturated rings. The first-order valence-corrected chi connectivity index (χ1v) is 5.08. The molecule has 78 valence electrons. The van der Waals surface area contributed by atoms with Crippen molar-refractivity contribution in [2.75, 3.05) is 0 Å². The van der Waals surface area contributed by atoms with E-state index in [-0.39, 0.29) is 0 Å². The van der Waals surface area contributed by atoms with E-state index in [0.29, 0.717) is 6.61 Å². The molecule has 0 atom stereocenters. The van der Waals surface area contributed by atoms with Gasteiger partial charge in [-0.3, -0.25) is 0 Å². The predicted octanol–water partition coefficient (Wildman–Crippen LogP) is 2.48. The number of ether oxygens (including phenoxy) is 1. The molecule has 0 spiro atoms. The number of aromatic nitrogens is 2. The highest BCUT2D eigenvalue weighted by molar-refractivity contribution is 5.21. The molecule has 0 saturated carbocycles. The van der Waals surface area contributed by atoms with Crippen LogP contribution in [0.15, 0.2) is 42.7 Å². The fourth-order valence-corrected chi connectivity index (χ4v) is 1.43. The summed E-state index contributed by atoms with van der Waals surface area (Å²) in [4.78, 5) is 4.24. The largest absolute Gasteiger partial charge is 0.486 e. The van der Waals surface area contributed by atoms with Gasteiger partial charge in [0.05, 0.1) is 0 Å². The third-order valence-corrected chi connectivity index (χ3v) is 2.25. The van der Waals surface area contributed by atoms with Gasteiger partial charge in [-0.15, -0.1) is 0 Å². The molecule has 3 nitrogen and oxygen atoms in total. The van der Waals surface area contributed by atoms with Crippen molar-refractivity contribution in [3.8, 4) is 5.75 Å². The molecule has 2 rings (SSSR count). The zero-order valence-electron chi connectivity index (χ0n) is 8.76. The molecule has 0 radical (unpaired) electrons. The summed E-state index contributed by atoms with van der Waals surface area (Å²) in [5.74, 6) is 1.84. The first kappa shape index (κ1) is 9.77. The molecule has 3 heteroatoms. The van der Waals surface area contributed by atoms with Crippen molar-refractivity contribution in [1.29, 1.82) is 0 Å². The second-order valence-corrected chi connectivity index (χ2v) is 3.23. The lowest BCUT2D eigenvalue weighted by molar-refractivity contribution is 0.290. The summed E-state index contributed by atoms with van der Waals surface area (Å²) in [5.41, 5.74) is 0. The lowest BCUT2D eigenvalue weighted by Gasteiger charge is -2.06. The van der Waals surface area contributed by atoms with Crippen LogP contribution in [0.5, 0.6) is 5.75 Å². The van der Waals surface area contributed by atoms with E-state index in [2.05, 4.69) is 16.5 Å². The van der Waals surface area contributed by atoms with Crippen LogP contribution in [0.2, 0.25) is 0 Å². The van der Waals surface area contributed by atoms with Crippen LogP contribution in [0.1, 0.15) is 12.7 Å². The molecule has 2 aromatic rings. The van der Waals surface area contributed by atoms with Crippen molar-refractivity contribution in [2.24, 2.45) is 0 Å². The molecule has 1 heterocycles. The molecule has 0 bridgehead atoms. The molecular formula is C12H14N2O. The molecule has 0 aliphatic carbocycles. The van der Waals surface area contributed by atoms with E-state index in [1.54, 1.807) is 6.20 Å². The molecule has 15 heavy (non-hydrogen) atoms. The summed E-state index contributed by atoms with van der Waals surface area (Å²) in [6.07, 6.45) is 3.76. The van der Waals surface area contributed by atoms with E-state index in [1.807, 2.05) is 36.5 Å². The maximum atomic E-state index is 5.61. The average molecular weight is 202 g/mol. The maximum Gasteiger partial charge on any atom is 0.146 e. The van der Waals surface area contributed by atoms with Crippen molar-refractivity contribution >= 4 is 0 Å². The number of hydrogen-bond donors (Lipinski definition) is 0. The van der Waals surface area contributed by atoms with Crippen molar-refractivity contribution < 1.29 is 4.74 Å². The summed E-state index contributed by atoms with van der Waals surface area (Å²) < 4.78 is 7.68. The molecule has 1 aromatic carbocycles. The Labute approximate surface area is 89.3 Å². The number of nitrogens with zero attached hydrogens (tertiary/aromatic N) is 2. The minimum atomic E-state index is 0.519. The van der Waals surface area contributed by atoms with Crippen molar-refractivity contribution in [3.63, 3.8) is 0 Å². The van der Waals surface area contributed by atoms with E-state index >= 15 is 0 Å². The second-order valence-electron chi connectivity index (χ2n) is 3.23. The van der Waals surface area contributed by atoms with Gasteiger partial charge in [-0.1, -0.05) is 18.2 Å². The van der Waals surface area contributed by atoms with Gasteiger partial charge >= 0.3 is 0 Å². The van der Waals surface area contributed by atoms with E-state index in [1.165, 1.54) is 0 Å². The molecule has 0 amide bonds. The van der Waals surface area contributed by atoms with Gasteiger partial charge in [-0.25, -0.2) is 4.98 Å². The van der Waals surface area contributed by atoms with Crippen LogP contribution in [0.25, 0.3) is 0 Å². The number of para-hydroxylation sites is 1. The Bertz CT molecular complexity index is 409. The Balaban J connectivity index is 1.99. The number of hydrogen-bond acceptors (Lipinski definition) is 2. The van der Waals surface area contributed by atoms with Gasteiger partial charge < -0.3 is 9.30 Å². The van der Waals surface area contributed by atoms with Crippen LogP contribution < -0.4 is 4.74 Å². The topological polar surface area (TPSA) is 27.1 Å². The van der Waals surface area contributed by atoms with Crippen LogP contribution in [0.3, 0.4) is 0 Å². The third-order valence-electron chi connectivity index (χ3n) is 2.25. The molecular weight excluding hydrogens is 188 g/mol. The van der Waals surface area contributed by atoms with Gasteiger partial charge in [0.2, 0.25) is 0 Å². The molecule has 0 N–H and O–H groups in total. The SMILES string of the molecule is CCn1ccnc1COc1ccccc1. The highest BCUT2D eigenvalue weighted by Crippen LogP contribution is 2.10. The Morgan fingerprint density at radius 3 is 2.80 bits per heavy atom. The minimum Gasteiger partial charge on any atom is -0.486 e. The fraction of sp³-hybridized carbons (Fsp3) is 0.250. The number of benzene rings is 1. The maximum absolute atomic E-state index is 5.61. The van der Waals surface area contributed by atoms with Crippen molar-refractivity contribution in [2.45, 2.75) is 20.1 Å². The van der Waals surface area contributed by atoms with Crippen LogP contribution in [-0.4, -0.2) is 9.55 Å². The average Bonchev–Trinajstić information content (AvgIpc) is 2.75. The van der Waals surface area contributed by atoms with Gasteiger partial charge in [0.25, 0.3) is 0 Å². The van der Waals surface area contributed by atoms with Crippen LogP contribution in [0.4, 0.5) is 0 Å². The minimum absolute atomic E-state index is 0.519. The van der Waals surface area contributed by atoms with Crippen LogP contribution in [0, 0.1) is 0 Å². The smallest absolute Gasteiger partial charge is 0.146 e. The quantitative estimate of drug-likeness (QED) is 0.761. The lowest BCUT2D eigenvalue weighted by Crippen LogP contribution is -2.05. The van der Waals surface area contributed by atoms with Crippen molar-refractivity contribution in [3.05, 3.63) is 48.5 Å². The van der Waals surface area contributed by atoms with Gasteiger partial charge in [-0.2, -0.15) is 0 Å². The summed E-state index contributed by atoms with van der Waals surface area (Å²) >= 11 is 0. The van der Waals surface area contributed by atoms with E-state index in [9.17, 15) is 0 Å². The summed E-state index contributed by atoms with van der Waals surface area (Å²) in [6, 6.07) is 9.78. The van der Waals surface area contributed by atoms with Crippen LogP contribution in [-0.2, 0) is 13.2 Å². The predicted molar refractivity (Wildman–Crippen MR) is 58.7 cm³/mol. The highest BCUT2D eigenvalue weighted by Gasteiger charge is 2.01. The van der Waals surface area contributed by atoms with Gasteiger partial charge in [-0.05, 0) is 19.1 Å². The van der Waals surface area contributed by atoms with Crippen molar-refractivity contribution in [1.82, 2.24) is 9.55 Å². The lowest BCUT2D eigenvalue weighted by atomic mass is 10.3. The highest BCUT2D eigenvalue weighted by atomic mass is 16.5. The Morgan fingerprint density at radius 1 is 1.27 bits per heavy atom. The summed E-state index contributed by atoms with van der Waals surface area (Å²) in [5, 5.41) is 0. The Kier molecular flexibility index (Phi) is 3.02. The zero-order valence-corrected chi connectivity index (χ0v) is 8.76. The standard InChI is InChI=1S/C12H14N2O/c1-2-14-9-8-13-12(14)10-15-11-6-4-3-5-7-11/h3-9H,2,10H2,1H3. The number of aryl methyl sites for hydroxylation is 1. The van der Waals surface area contributed by atoms with Gasteiger partial charge in [0.15, 0.2) is 0 Å². The number of imidazole rings is 1. The first-order valence-electron chi connectivity index (χ1n) is 5.08. The van der Waals surface area contributed by atoms with E-state index < -0.39 is 0 Å². The van der Waals surface area contributed by atoms with E-state index in [0.717, 1.165) is 18.1 Å². The summed E-state index contributed by atoms with van der Waals surface area (Å²) in [6.45, 7) is 3.53. The van der Waals surface area contributed by atoms with Gasteiger partial charge in [0, 0.05) is 18.9 Å². The molecule has 0 saturated heterocycles. The normalized spacial score (nSPS) is 10.2. The first-order chi connectivity index (χ1) is 7.40. The Hall–Kier alpha value is -1.77. The summed E-state index contributed by atoms with van der Waals surface area (Å²) in [7, 11) is 0. The third kappa shape index (κ3) is 2.37. The molecule has 1 aromatic heterocycles. The molecule has 0 aliphatic rings. The monoisotopic (exact) mass is 202 g/mol. The molecule has 0 unspecified atom stereocenters. The zero-order chi connectivity index (χ0) is 10.5. The fourth-order valence-electron chi connectivity index (χ4n) is 1.43. The second kappa shape index (κ2) is 4.64.